The zero-order valence-corrected chi connectivity index (χ0v) is 15.1. The summed E-state index contributed by atoms with van der Waals surface area (Å²) in [7, 11) is -3.60. The molecule has 136 valence electrons. The van der Waals surface area contributed by atoms with E-state index in [-0.39, 0.29) is 19.4 Å². The second-order valence-electron chi connectivity index (χ2n) is 5.62. The fraction of sp³-hybridized carbons (Fsp3) is 0.368. The monoisotopic (exact) mass is 364 g/mol. The molecule has 0 amide bonds. The Kier molecular flexibility index (Phi) is 8.87. The van der Waals surface area contributed by atoms with Crippen molar-refractivity contribution in [2.24, 2.45) is 0 Å². The van der Waals surface area contributed by atoms with Crippen LogP contribution in [0.4, 0.5) is 0 Å². The average molecular weight is 364 g/mol. The van der Waals surface area contributed by atoms with Crippen LogP contribution in [0.15, 0.2) is 60.7 Å². The molecule has 0 radical (unpaired) electrons. The van der Waals surface area contributed by atoms with Crippen molar-refractivity contribution in [2.75, 3.05) is 26.0 Å². The molecule has 0 spiro atoms. The minimum absolute atomic E-state index is 0.00922. The van der Waals surface area contributed by atoms with E-state index in [4.69, 9.17) is 14.0 Å². The summed E-state index contributed by atoms with van der Waals surface area (Å²) in [5.74, 6) is 0. The topological polar surface area (TPSA) is 65.0 Å². The molecule has 1 atom stereocenters. The van der Waals surface area contributed by atoms with E-state index in [9.17, 15) is 9.46 Å². The fourth-order valence-corrected chi connectivity index (χ4v) is 3.04. The Morgan fingerprint density at radius 3 is 1.84 bits per heavy atom. The van der Waals surface area contributed by atoms with Crippen LogP contribution in [-0.4, -0.2) is 30.9 Å². The lowest BCUT2D eigenvalue weighted by Crippen LogP contribution is -2.06. The van der Waals surface area contributed by atoms with Crippen LogP contribution in [-0.2, 0) is 31.8 Å². The molecule has 0 aliphatic rings. The molecule has 0 heterocycles. The maximum atomic E-state index is 11.9. The number of hydrogen-bond donors (Lipinski definition) is 1. The first-order valence-corrected chi connectivity index (χ1v) is 10.1. The Balaban J connectivity index is 1.50. The van der Waals surface area contributed by atoms with Crippen LogP contribution in [0.2, 0.25) is 0 Å². The van der Waals surface area contributed by atoms with Gasteiger partial charge in [0.15, 0.2) is 0 Å². The molecule has 6 heteroatoms. The molecule has 25 heavy (non-hydrogen) atoms. The molecule has 0 aliphatic carbocycles. The lowest BCUT2D eigenvalue weighted by Gasteiger charge is -2.12. The number of benzene rings is 2. The van der Waals surface area contributed by atoms with Gasteiger partial charge in [0.05, 0.1) is 32.6 Å². The van der Waals surface area contributed by atoms with Crippen molar-refractivity contribution in [2.45, 2.75) is 19.6 Å². The lowest BCUT2D eigenvalue weighted by atomic mass is 10.2. The molecular formula is C19H25O5P. The summed E-state index contributed by atoms with van der Waals surface area (Å²) >= 11 is 0. The molecule has 5 nitrogen and oxygen atoms in total. The third-order valence-corrected chi connectivity index (χ3v) is 4.80. The minimum atomic E-state index is -3.60. The van der Waals surface area contributed by atoms with E-state index in [1.807, 2.05) is 60.7 Å². The van der Waals surface area contributed by atoms with Crippen molar-refractivity contribution in [1.29, 1.82) is 0 Å². The van der Waals surface area contributed by atoms with Crippen LogP contribution >= 0.6 is 7.60 Å². The Labute approximate surface area is 149 Å². The van der Waals surface area contributed by atoms with Crippen LogP contribution in [0.5, 0.6) is 0 Å². The first-order chi connectivity index (χ1) is 12.2. The second kappa shape index (κ2) is 11.2. The van der Waals surface area contributed by atoms with Gasteiger partial charge in [0.1, 0.15) is 0 Å². The van der Waals surface area contributed by atoms with Crippen molar-refractivity contribution in [3.63, 3.8) is 0 Å². The van der Waals surface area contributed by atoms with E-state index in [2.05, 4.69) is 0 Å². The average Bonchev–Trinajstić information content (AvgIpc) is 2.63. The predicted octanol–water partition coefficient (Wildman–Crippen LogP) is 4.01. The van der Waals surface area contributed by atoms with Crippen LogP contribution in [0.1, 0.15) is 17.5 Å². The fourth-order valence-electron chi connectivity index (χ4n) is 2.14. The van der Waals surface area contributed by atoms with E-state index >= 15 is 0 Å². The van der Waals surface area contributed by atoms with Crippen LogP contribution < -0.4 is 0 Å². The van der Waals surface area contributed by atoms with Gasteiger partial charge in [-0.25, -0.2) is 0 Å². The van der Waals surface area contributed by atoms with Crippen LogP contribution in [0.3, 0.4) is 0 Å². The van der Waals surface area contributed by atoms with Gasteiger partial charge in [-0.3, -0.25) is 4.57 Å². The maximum absolute atomic E-state index is 11.9. The molecule has 2 rings (SSSR count). The normalized spacial score (nSPS) is 13.5. The van der Waals surface area contributed by atoms with Crippen LogP contribution in [0, 0.1) is 0 Å². The second-order valence-corrected chi connectivity index (χ2v) is 7.60. The Hall–Kier alpha value is -1.49. The van der Waals surface area contributed by atoms with Gasteiger partial charge >= 0.3 is 7.60 Å². The summed E-state index contributed by atoms with van der Waals surface area (Å²) in [5, 5.41) is 0. The zero-order chi connectivity index (χ0) is 17.8. The molecule has 1 unspecified atom stereocenters. The van der Waals surface area contributed by atoms with E-state index in [1.54, 1.807) is 0 Å². The summed E-state index contributed by atoms with van der Waals surface area (Å²) in [5.41, 5.74) is 2.14. The highest BCUT2D eigenvalue weighted by Gasteiger charge is 2.18. The van der Waals surface area contributed by atoms with E-state index in [0.29, 0.717) is 26.2 Å². The summed E-state index contributed by atoms with van der Waals surface area (Å²) in [4.78, 5) is 9.76. The molecule has 0 fully saturated rings. The van der Waals surface area contributed by atoms with Crippen LogP contribution in [0.25, 0.3) is 0 Å². The molecular weight excluding hydrogens is 339 g/mol. The van der Waals surface area contributed by atoms with Crippen molar-refractivity contribution in [1.82, 2.24) is 0 Å². The minimum Gasteiger partial charge on any atom is -0.377 e. The summed E-state index contributed by atoms with van der Waals surface area (Å²) in [6.07, 6.45) is 0.562. The number of hydrogen-bond acceptors (Lipinski definition) is 4. The van der Waals surface area contributed by atoms with Gasteiger partial charge in [-0.05, 0) is 17.5 Å². The van der Waals surface area contributed by atoms with Gasteiger partial charge in [-0.15, -0.1) is 0 Å². The summed E-state index contributed by atoms with van der Waals surface area (Å²) in [6.45, 7) is 1.83. The lowest BCUT2D eigenvalue weighted by molar-refractivity contribution is 0.103. The van der Waals surface area contributed by atoms with Crippen molar-refractivity contribution in [3.05, 3.63) is 71.8 Å². The molecule has 2 aromatic carbocycles. The van der Waals surface area contributed by atoms with E-state index in [1.165, 1.54) is 0 Å². The first-order valence-electron chi connectivity index (χ1n) is 8.35. The van der Waals surface area contributed by atoms with Gasteiger partial charge in [-0.1, -0.05) is 60.7 Å². The van der Waals surface area contributed by atoms with Gasteiger partial charge in [-0.2, -0.15) is 0 Å². The Morgan fingerprint density at radius 1 is 0.760 bits per heavy atom. The summed E-state index contributed by atoms with van der Waals surface area (Å²) in [6, 6.07) is 19.6. The summed E-state index contributed by atoms with van der Waals surface area (Å²) < 4.78 is 27.9. The van der Waals surface area contributed by atoms with E-state index < -0.39 is 7.60 Å². The van der Waals surface area contributed by atoms with Crippen molar-refractivity contribution < 1.29 is 23.5 Å². The number of rotatable bonds is 12. The molecule has 1 N–H and O–H groups in total. The highest BCUT2D eigenvalue weighted by atomic mass is 31.2. The largest absolute Gasteiger partial charge is 0.377 e. The number of ether oxygens (including phenoxy) is 2. The Morgan fingerprint density at radius 2 is 1.28 bits per heavy atom. The van der Waals surface area contributed by atoms with E-state index in [0.717, 1.165) is 11.1 Å². The highest BCUT2D eigenvalue weighted by molar-refractivity contribution is 7.52. The standard InChI is InChI=1S/C19H25O5P/c20-25(21,15-14-23-17-19-10-5-2-6-11-19)24-13-7-12-22-16-18-8-3-1-4-9-18/h1-6,8-11H,7,12-17H2,(H,20,21). The third-order valence-electron chi connectivity index (χ3n) is 3.47. The predicted molar refractivity (Wildman–Crippen MR) is 97.5 cm³/mol. The quantitative estimate of drug-likeness (QED) is 0.455. The molecule has 0 aliphatic heterocycles. The first kappa shape index (κ1) is 19.8. The highest BCUT2D eigenvalue weighted by Crippen LogP contribution is 2.41. The molecule has 0 bridgehead atoms. The smallest absolute Gasteiger partial charge is 0.330 e. The van der Waals surface area contributed by atoms with Gasteiger partial charge in [0.2, 0.25) is 0 Å². The zero-order valence-electron chi connectivity index (χ0n) is 14.3. The van der Waals surface area contributed by atoms with Gasteiger partial charge < -0.3 is 18.9 Å². The van der Waals surface area contributed by atoms with Crippen molar-refractivity contribution >= 4 is 7.60 Å². The molecule has 2 aromatic rings. The molecule has 0 saturated carbocycles. The molecule has 0 saturated heterocycles. The Bertz CT molecular complexity index is 633. The van der Waals surface area contributed by atoms with Gasteiger partial charge in [0.25, 0.3) is 0 Å². The third kappa shape index (κ3) is 8.96. The van der Waals surface area contributed by atoms with Gasteiger partial charge in [0, 0.05) is 6.61 Å². The van der Waals surface area contributed by atoms with Crippen molar-refractivity contribution in [3.8, 4) is 0 Å². The molecule has 0 aromatic heterocycles. The SMILES string of the molecule is O=P(O)(CCOCc1ccccc1)OCCCOCc1ccccc1. The maximum Gasteiger partial charge on any atom is 0.330 e.